The molecular formula is C16H22N6O4. The van der Waals surface area contributed by atoms with Crippen LogP contribution >= 0.6 is 0 Å². The minimum absolute atomic E-state index is 0.0807. The lowest BCUT2D eigenvalue weighted by Gasteiger charge is -2.06. The predicted octanol–water partition coefficient (Wildman–Crippen LogP) is 2.01. The van der Waals surface area contributed by atoms with E-state index in [1.54, 1.807) is 0 Å². The van der Waals surface area contributed by atoms with E-state index in [0.717, 1.165) is 19.3 Å². The molecule has 1 unspecified atom stereocenters. The second-order valence-corrected chi connectivity index (χ2v) is 5.66. The summed E-state index contributed by atoms with van der Waals surface area (Å²) in [5, 5.41) is 16.2. The zero-order chi connectivity index (χ0) is 18.9. The van der Waals surface area contributed by atoms with Gasteiger partial charge in [0.2, 0.25) is 5.89 Å². The van der Waals surface area contributed by atoms with Crippen molar-refractivity contribution in [3.8, 4) is 0 Å². The summed E-state index contributed by atoms with van der Waals surface area (Å²) < 4.78 is 5.27. The first-order valence-corrected chi connectivity index (χ1v) is 8.34. The number of pyridine rings is 1. The summed E-state index contributed by atoms with van der Waals surface area (Å²) in [5.41, 5.74) is 6.06. The van der Waals surface area contributed by atoms with E-state index < -0.39 is 4.92 Å². The van der Waals surface area contributed by atoms with Gasteiger partial charge in [0.15, 0.2) is 5.69 Å². The van der Waals surface area contributed by atoms with Crippen LogP contribution in [0.15, 0.2) is 29.0 Å². The van der Waals surface area contributed by atoms with Crippen molar-refractivity contribution in [3.05, 3.63) is 46.3 Å². The average molecular weight is 362 g/mol. The molecule has 0 bridgehead atoms. The number of nitrogens with zero attached hydrogens (tertiary/aromatic N) is 3. The fourth-order valence-corrected chi connectivity index (χ4v) is 2.17. The Kier molecular flexibility index (Phi) is 7.03. The molecule has 2 aromatic rings. The molecule has 2 rings (SSSR count). The summed E-state index contributed by atoms with van der Waals surface area (Å²) in [6, 6.07) is 2.54. The highest BCUT2D eigenvalue weighted by atomic mass is 16.6. The van der Waals surface area contributed by atoms with Crippen LogP contribution in [0.5, 0.6) is 0 Å². The monoisotopic (exact) mass is 362 g/mol. The highest BCUT2D eigenvalue weighted by Crippen LogP contribution is 2.16. The van der Waals surface area contributed by atoms with Gasteiger partial charge in [-0.2, -0.15) is 0 Å². The lowest BCUT2D eigenvalue weighted by Crippen LogP contribution is -2.29. The molecule has 0 aromatic carbocycles. The Hall–Kier alpha value is -3.01. The van der Waals surface area contributed by atoms with Gasteiger partial charge in [-0.15, -0.1) is 0 Å². The molecule has 10 heteroatoms. The Bertz CT molecular complexity index is 731. The molecule has 0 saturated carbocycles. The summed E-state index contributed by atoms with van der Waals surface area (Å²) in [6.45, 7) is 2.79. The highest BCUT2D eigenvalue weighted by molar-refractivity contribution is 5.91. The molecule has 2 heterocycles. The van der Waals surface area contributed by atoms with E-state index in [-0.39, 0.29) is 23.3 Å². The molecule has 0 saturated heterocycles. The smallest absolute Gasteiger partial charge is 0.287 e. The third kappa shape index (κ3) is 5.52. The van der Waals surface area contributed by atoms with Crippen LogP contribution in [0.4, 0.5) is 11.5 Å². The van der Waals surface area contributed by atoms with Crippen LogP contribution in [0.3, 0.4) is 0 Å². The molecule has 26 heavy (non-hydrogen) atoms. The molecule has 0 aliphatic rings. The second-order valence-electron chi connectivity index (χ2n) is 5.66. The summed E-state index contributed by atoms with van der Waals surface area (Å²) in [5.74, 6) is 0.480. The second kappa shape index (κ2) is 9.47. The molecule has 0 aliphatic carbocycles. The van der Waals surface area contributed by atoms with Gasteiger partial charge < -0.3 is 20.8 Å². The third-order valence-electron chi connectivity index (χ3n) is 3.62. The van der Waals surface area contributed by atoms with Crippen molar-refractivity contribution in [1.29, 1.82) is 0 Å². The molecular weight excluding hydrogens is 340 g/mol. The van der Waals surface area contributed by atoms with Crippen molar-refractivity contribution in [2.45, 2.75) is 32.2 Å². The van der Waals surface area contributed by atoms with E-state index in [4.69, 9.17) is 10.2 Å². The number of oxazole rings is 1. The molecule has 0 radical (unpaired) electrons. The number of carbonyl (C=O) groups is 1. The van der Waals surface area contributed by atoms with E-state index in [0.29, 0.717) is 24.8 Å². The van der Waals surface area contributed by atoms with Crippen LogP contribution in [0.25, 0.3) is 0 Å². The number of hydrogen-bond acceptors (Lipinski definition) is 8. The average Bonchev–Trinajstić information content (AvgIpc) is 3.14. The van der Waals surface area contributed by atoms with Gasteiger partial charge in [-0.3, -0.25) is 14.9 Å². The quantitative estimate of drug-likeness (QED) is 0.330. The number of nitro groups is 1. The SMILES string of the molecule is CCCCC(N)c1nc(C(=O)NCCNc2ccc([N+](=O)[O-])cn2)co1. The maximum absolute atomic E-state index is 12.0. The van der Waals surface area contributed by atoms with E-state index in [1.807, 2.05) is 0 Å². The first kappa shape index (κ1) is 19.3. The number of anilines is 1. The lowest BCUT2D eigenvalue weighted by atomic mass is 10.1. The minimum Gasteiger partial charge on any atom is -0.446 e. The third-order valence-corrected chi connectivity index (χ3v) is 3.62. The fraction of sp³-hybridized carbons (Fsp3) is 0.438. The minimum atomic E-state index is -0.517. The Morgan fingerprint density at radius 1 is 1.42 bits per heavy atom. The first-order chi connectivity index (χ1) is 12.5. The Balaban J connectivity index is 1.75. The number of rotatable bonds is 10. The van der Waals surface area contributed by atoms with Gasteiger partial charge in [0.1, 0.15) is 18.3 Å². The van der Waals surface area contributed by atoms with E-state index >= 15 is 0 Å². The molecule has 0 fully saturated rings. The molecule has 2 aromatic heterocycles. The van der Waals surface area contributed by atoms with E-state index in [1.165, 1.54) is 24.6 Å². The maximum Gasteiger partial charge on any atom is 0.287 e. The van der Waals surface area contributed by atoms with Gasteiger partial charge in [-0.05, 0) is 12.5 Å². The van der Waals surface area contributed by atoms with Crippen LogP contribution in [0, 0.1) is 10.1 Å². The Labute approximate surface area is 150 Å². The summed E-state index contributed by atoms with van der Waals surface area (Å²) >= 11 is 0. The van der Waals surface area contributed by atoms with Crippen LogP contribution in [-0.4, -0.2) is 33.9 Å². The number of unbranched alkanes of at least 4 members (excludes halogenated alkanes) is 1. The maximum atomic E-state index is 12.0. The van der Waals surface area contributed by atoms with Crippen LogP contribution in [-0.2, 0) is 0 Å². The standard InChI is InChI=1S/C16H22N6O4/c1-2-3-4-12(17)16-21-13(10-26-16)15(23)19-8-7-18-14-6-5-11(9-20-14)22(24)25/h5-6,9-10,12H,2-4,7-8,17H2,1H3,(H,18,20)(H,19,23). The number of aromatic nitrogens is 2. The largest absolute Gasteiger partial charge is 0.446 e. The molecule has 1 amide bonds. The predicted molar refractivity (Wildman–Crippen MR) is 94.7 cm³/mol. The van der Waals surface area contributed by atoms with Gasteiger partial charge in [-0.1, -0.05) is 19.8 Å². The Morgan fingerprint density at radius 2 is 2.23 bits per heavy atom. The molecule has 10 nitrogen and oxygen atoms in total. The van der Waals surface area contributed by atoms with E-state index in [9.17, 15) is 14.9 Å². The van der Waals surface area contributed by atoms with Crippen LogP contribution < -0.4 is 16.4 Å². The topological polar surface area (TPSA) is 149 Å². The fourth-order valence-electron chi connectivity index (χ4n) is 2.17. The van der Waals surface area contributed by atoms with Gasteiger partial charge in [0, 0.05) is 19.2 Å². The molecule has 0 aliphatic heterocycles. The number of carbonyl (C=O) groups excluding carboxylic acids is 1. The zero-order valence-electron chi connectivity index (χ0n) is 14.5. The van der Waals surface area contributed by atoms with Gasteiger partial charge >= 0.3 is 0 Å². The summed E-state index contributed by atoms with van der Waals surface area (Å²) in [4.78, 5) is 30.1. The van der Waals surface area contributed by atoms with Gasteiger partial charge in [0.05, 0.1) is 11.0 Å². The van der Waals surface area contributed by atoms with Crippen LogP contribution in [0.1, 0.15) is 48.6 Å². The molecule has 1 atom stereocenters. The number of nitrogens with one attached hydrogen (secondary N) is 2. The number of amides is 1. The molecule has 4 N–H and O–H groups in total. The molecule has 140 valence electrons. The van der Waals surface area contributed by atoms with Crippen molar-refractivity contribution >= 4 is 17.4 Å². The first-order valence-electron chi connectivity index (χ1n) is 8.34. The molecule has 0 spiro atoms. The van der Waals surface area contributed by atoms with Gasteiger partial charge in [-0.25, -0.2) is 9.97 Å². The van der Waals surface area contributed by atoms with Crippen molar-refractivity contribution in [2.24, 2.45) is 5.73 Å². The zero-order valence-corrected chi connectivity index (χ0v) is 14.5. The van der Waals surface area contributed by atoms with Crippen molar-refractivity contribution in [2.75, 3.05) is 18.4 Å². The van der Waals surface area contributed by atoms with Gasteiger partial charge in [0.25, 0.3) is 11.6 Å². The number of hydrogen-bond donors (Lipinski definition) is 3. The highest BCUT2D eigenvalue weighted by Gasteiger charge is 2.16. The Morgan fingerprint density at radius 3 is 2.88 bits per heavy atom. The van der Waals surface area contributed by atoms with Crippen molar-refractivity contribution in [3.63, 3.8) is 0 Å². The van der Waals surface area contributed by atoms with Crippen LogP contribution in [0.2, 0.25) is 0 Å². The van der Waals surface area contributed by atoms with Crippen molar-refractivity contribution in [1.82, 2.24) is 15.3 Å². The van der Waals surface area contributed by atoms with E-state index in [2.05, 4.69) is 27.5 Å². The normalized spacial score (nSPS) is 11.8. The van der Waals surface area contributed by atoms with Crippen molar-refractivity contribution < 1.29 is 14.1 Å². The summed E-state index contributed by atoms with van der Waals surface area (Å²) in [7, 11) is 0. The lowest BCUT2D eigenvalue weighted by molar-refractivity contribution is -0.385. The number of nitrogens with two attached hydrogens (primary N) is 1. The summed E-state index contributed by atoms with van der Waals surface area (Å²) in [6.07, 6.45) is 5.21.